The van der Waals surface area contributed by atoms with Gasteiger partial charge in [0, 0.05) is 31.0 Å². The Balaban J connectivity index is 1.49. The predicted molar refractivity (Wildman–Crippen MR) is 110 cm³/mol. The van der Waals surface area contributed by atoms with E-state index in [1.54, 1.807) is 19.5 Å². The molecule has 0 bridgehead atoms. The highest BCUT2D eigenvalue weighted by Crippen LogP contribution is 2.28. The Kier molecular flexibility index (Phi) is 7.27. The Labute approximate surface area is 166 Å². The van der Waals surface area contributed by atoms with Crippen molar-refractivity contribution in [3.05, 3.63) is 83.7 Å². The molecule has 28 heavy (non-hydrogen) atoms. The van der Waals surface area contributed by atoms with Gasteiger partial charge in [-0.25, -0.2) is 0 Å². The number of para-hydroxylation sites is 1. The summed E-state index contributed by atoms with van der Waals surface area (Å²) in [7, 11) is 1.65. The fourth-order valence-corrected chi connectivity index (χ4v) is 2.77. The molecule has 3 rings (SSSR count). The van der Waals surface area contributed by atoms with Crippen molar-refractivity contribution in [1.29, 1.82) is 0 Å². The van der Waals surface area contributed by atoms with Crippen LogP contribution in [0.25, 0.3) is 0 Å². The molecule has 146 valence electrons. The van der Waals surface area contributed by atoms with Gasteiger partial charge in [0.1, 0.15) is 19.0 Å². The molecule has 0 saturated heterocycles. The minimum absolute atomic E-state index is 0.450. The predicted octanol–water partition coefficient (Wildman–Crippen LogP) is 4.15. The van der Waals surface area contributed by atoms with Gasteiger partial charge in [-0.1, -0.05) is 30.3 Å². The van der Waals surface area contributed by atoms with Crippen LogP contribution >= 0.6 is 0 Å². The maximum Gasteiger partial charge on any atom is 0.161 e. The summed E-state index contributed by atoms with van der Waals surface area (Å²) in [4.78, 5) is 4.11. The molecule has 5 nitrogen and oxygen atoms in total. The molecule has 0 radical (unpaired) electrons. The van der Waals surface area contributed by atoms with Crippen molar-refractivity contribution in [1.82, 2.24) is 10.3 Å². The first-order valence-corrected chi connectivity index (χ1v) is 9.34. The van der Waals surface area contributed by atoms with Gasteiger partial charge in [-0.3, -0.25) is 4.98 Å². The van der Waals surface area contributed by atoms with Gasteiger partial charge in [0.05, 0.1) is 7.11 Å². The molecule has 0 saturated carbocycles. The van der Waals surface area contributed by atoms with Gasteiger partial charge in [0.15, 0.2) is 11.5 Å². The molecule has 0 fully saturated rings. The first-order valence-electron chi connectivity index (χ1n) is 9.34. The Bertz CT molecular complexity index is 869. The highest BCUT2D eigenvalue weighted by Gasteiger charge is 2.07. The Morgan fingerprint density at radius 3 is 2.57 bits per heavy atom. The zero-order valence-electron chi connectivity index (χ0n) is 16.4. The van der Waals surface area contributed by atoms with Crippen molar-refractivity contribution in [2.75, 3.05) is 20.3 Å². The Morgan fingerprint density at radius 2 is 1.79 bits per heavy atom. The van der Waals surface area contributed by atoms with Crippen LogP contribution in [0.3, 0.4) is 0 Å². The van der Waals surface area contributed by atoms with E-state index < -0.39 is 0 Å². The third kappa shape index (κ3) is 5.72. The molecule has 1 N–H and O–H groups in total. The zero-order chi connectivity index (χ0) is 19.6. The highest BCUT2D eigenvalue weighted by atomic mass is 16.5. The third-order valence-electron chi connectivity index (χ3n) is 4.30. The lowest BCUT2D eigenvalue weighted by Crippen LogP contribution is -2.20. The maximum absolute atomic E-state index is 5.94. The minimum atomic E-state index is 0.450. The zero-order valence-corrected chi connectivity index (χ0v) is 16.4. The van der Waals surface area contributed by atoms with Crippen LogP contribution in [0.4, 0.5) is 0 Å². The second kappa shape index (κ2) is 10.3. The van der Waals surface area contributed by atoms with E-state index in [9.17, 15) is 0 Å². The smallest absolute Gasteiger partial charge is 0.161 e. The van der Waals surface area contributed by atoms with Gasteiger partial charge >= 0.3 is 0 Å². The standard InChI is InChI=1S/C23H26N2O3/c1-18-6-3-4-8-21(18)27-13-12-25-15-19-9-10-22(26-2)23(14-19)28-17-20-7-5-11-24-16-20/h3-11,14,16,25H,12-13,15,17H2,1-2H3. The number of nitrogens with one attached hydrogen (secondary N) is 1. The second-order valence-electron chi connectivity index (χ2n) is 6.43. The lowest BCUT2D eigenvalue weighted by molar-refractivity contribution is 0.283. The molecule has 0 unspecified atom stereocenters. The van der Waals surface area contributed by atoms with Gasteiger partial charge < -0.3 is 19.5 Å². The molecule has 1 heterocycles. The van der Waals surface area contributed by atoms with Crippen LogP contribution < -0.4 is 19.5 Å². The van der Waals surface area contributed by atoms with Crippen molar-refractivity contribution >= 4 is 0 Å². The largest absolute Gasteiger partial charge is 0.493 e. The Morgan fingerprint density at radius 1 is 0.893 bits per heavy atom. The summed E-state index contributed by atoms with van der Waals surface area (Å²) in [6, 6.07) is 17.9. The Hall–Kier alpha value is -3.05. The van der Waals surface area contributed by atoms with Crippen LogP contribution in [0, 0.1) is 6.92 Å². The van der Waals surface area contributed by atoms with Crippen molar-refractivity contribution < 1.29 is 14.2 Å². The van der Waals surface area contributed by atoms with Crippen molar-refractivity contribution in [2.45, 2.75) is 20.1 Å². The number of nitrogens with zero attached hydrogens (tertiary/aromatic N) is 1. The lowest BCUT2D eigenvalue weighted by atomic mass is 10.2. The van der Waals surface area contributed by atoms with Gasteiger partial charge in [-0.2, -0.15) is 0 Å². The van der Waals surface area contributed by atoms with Crippen LogP contribution in [0.5, 0.6) is 17.2 Å². The average molecular weight is 378 g/mol. The van der Waals surface area contributed by atoms with E-state index in [1.165, 1.54) is 0 Å². The molecular formula is C23H26N2O3. The first kappa shape index (κ1) is 19.7. The van der Waals surface area contributed by atoms with Crippen LogP contribution in [-0.4, -0.2) is 25.2 Å². The van der Waals surface area contributed by atoms with Crippen molar-refractivity contribution in [2.24, 2.45) is 0 Å². The number of benzene rings is 2. The summed E-state index contributed by atoms with van der Waals surface area (Å²) in [6.45, 7) is 4.60. The van der Waals surface area contributed by atoms with E-state index in [0.717, 1.165) is 47.0 Å². The molecule has 0 spiro atoms. The summed E-state index contributed by atoms with van der Waals surface area (Å²) in [5, 5.41) is 3.40. The molecule has 3 aromatic rings. The van der Waals surface area contributed by atoms with Crippen LogP contribution in [-0.2, 0) is 13.2 Å². The molecule has 0 aliphatic rings. The quantitative estimate of drug-likeness (QED) is 0.537. The summed E-state index contributed by atoms with van der Waals surface area (Å²) in [5.74, 6) is 2.37. The van der Waals surface area contributed by atoms with Gasteiger partial charge in [0.25, 0.3) is 0 Å². The molecule has 2 aromatic carbocycles. The number of hydrogen-bond acceptors (Lipinski definition) is 5. The van der Waals surface area contributed by atoms with Gasteiger partial charge in [0.2, 0.25) is 0 Å². The third-order valence-corrected chi connectivity index (χ3v) is 4.30. The van der Waals surface area contributed by atoms with Gasteiger partial charge in [-0.05, 0) is 42.3 Å². The fraction of sp³-hybridized carbons (Fsp3) is 0.261. The van der Waals surface area contributed by atoms with E-state index in [-0.39, 0.29) is 0 Å². The molecule has 0 aliphatic heterocycles. The van der Waals surface area contributed by atoms with Crippen molar-refractivity contribution in [3.63, 3.8) is 0 Å². The number of methoxy groups -OCH3 is 1. The molecule has 0 atom stereocenters. The number of rotatable bonds is 10. The SMILES string of the molecule is COc1ccc(CNCCOc2ccccc2C)cc1OCc1cccnc1. The van der Waals surface area contributed by atoms with E-state index in [4.69, 9.17) is 14.2 Å². The topological polar surface area (TPSA) is 52.6 Å². The number of aryl methyl sites for hydroxylation is 1. The summed E-state index contributed by atoms with van der Waals surface area (Å²) < 4.78 is 17.2. The average Bonchev–Trinajstić information content (AvgIpc) is 2.74. The summed E-state index contributed by atoms with van der Waals surface area (Å²) >= 11 is 0. The van der Waals surface area contributed by atoms with Crippen molar-refractivity contribution in [3.8, 4) is 17.2 Å². The fourth-order valence-electron chi connectivity index (χ4n) is 2.77. The number of aromatic nitrogens is 1. The van der Waals surface area contributed by atoms with E-state index >= 15 is 0 Å². The number of pyridine rings is 1. The van der Waals surface area contributed by atoms with Crippen LogP contribution in [0.1, 0.15) is 16.7 Å². The number of hydrogen-bond donors (Lipinski definition) is 1. The highest BCUT2D eigenvalue weighted by molar-refractivity contribution is 5.43. The first-order chi connectivity index (χ1) is 13.8. The second-order valence-corrected chi connectivity index (χ2v) is 6.43. The molecule has 1 aromatic heterocycles. The molecule has 5 heteroatoms. The van der Waals surface area contributed by atoms with Crippen LogP contribution in [0.15, 0.2) is 67.0 Å². The van der Waals surface area contributed by atoms with E-state index in [0.29, 0.717) is 13.2 Å². The lowest BCUT2D eigenvalue weighted by Gasteiger charge is -2.13. The molecular weight excluding hydrogens is 352 g/mol. The minimum Gasteiger partial charge on any atom is -0.493 e. The normalized spacial score (nSPS) is 10.5. The molecule has 0 aliphatic carbocycles. The monoisotopic (exact) mass is 378 g/mol. The van der Waals surface area contributed by atoms with E-state index in [2.05, 4.69) is 10.3 Å². The maximum atomic E-state index is 5.94. The summed E-state index contributed by atoms with van der Waals surface area (Å²) in [6.07, 6.45) is 3.55. The van der Waals surface area contributed by atoms with Crippen LogP contribution in [0.2, 0.25) is 0 Å². The summed E-state index contributed by atoms with van der Waals surface area (Å²) in [5.41, 5.74) is 3.28. The molecule has 0 amide bonds. The van der Waals surface area contributed by atoms with Gasteiger partial charge in [-0.15, -0.1) is 0 Å². The number of ether oxygens (including phenoxy) is 3. The van der Waals surface area contributed by atoms with E-state index in [1.807, 2.05) is 61.5 Å².